The smallest absolute Gasteiger partial charge is 0.191 e. The summed E-state index contributed by atoms with van der Waals surface area (Å²) in [6.45, 7) is 9.22. The third-order valence-electron chi connectivity index (χ3n) is 3.28. The number of ether oxygens (including phenoxy) is 1. The molecule has 1 aromatic rings. The minimum atomic E-state index is 0.523. The van der Waals surface area contributed by atoms with Crippen molar-refractivity contribution >= 4 is 5.96 Å². The number of nitrogens with one attached hydrogen (secondary N) is 2. The number of nitrogens with zero attached hydrogens (tertiary/aromatic N) is 3. The van der Waals surface area contributed by atoms with E-state index in [1.165, 1.54) is 0 Å². The van der Waals surface area contributed by atoms with Gasteiger partial charge in [0, 0.05) is 32.2 Å². The monoisotopic (exact) mass is 295 g/mol. The van der Waals surface area contributed by atoms with E-state index in [4.69, 9.17) is 9.26 Å². The maximum absolute atomic E-state index is 5.34. The SMILES string of the molecule is CCNC(=NCc1ccon1)NCCCN1CCOCC1. The van der Waals surface area contributed by atoms with Crippen molar-refractivity contribution in [2.45, 2.75) is 19.9 Å². The van der Waals surface area contributed by atoms with Crippen LogP contribution in [0.3, 0.4) is 0 Å². The molecule has 0 amide bonds. The summed E-state index contributed by atoms with van der Waals surface area (Å²) in [7, 11) is 0. The zero-order valence-corrected chi connectivity index (χ0v) is 12.7. The lowest BCUT2D eigenvalue weighted by atomic mass is 10.3. The number of aliphatic imine (C=N–C) groups is 1. The fourth-order valence-corrected chi connectivity index (χ4v) is 2.16. The normalized spacial score (nSPS) is 16.9. The first kappa shape index (κ1) is 15.8. The standard InChI is InChI=1S/C14H25N5O2/c1-2-15-14(17-12-13-4-9-21-18-13)16-5-3-6-19-7-10-20-11-8-19/h4,9H,2-3,5-8,10-12H2,1H3,(H2,15,16,17). The number of guanidine groups is 1. The second-order valence-electron chi connectivity index (χ2n) is 4.92. The van der Waals surface area contributed by atoms with Gasteiger partial charge in [-0.15, -0.1) is 0 Å². The van der Waals surface area contributed by atoms with Crippen LogP contribution < -0.4 is 10.6 Å². The Kier molecular flexibility index (Phi) is 7.03. The molecule has 2 heterocycles. The number of aromatic nitrogens is 1. The predicted molar refractivity (Wildman–Crippen MR) is 81.2 cm³/mol. The van der Waals surface area contributed by atoms with Crippen LogP contribution in [0.2, 0.25) is 0 Å². The molecule has 1 aliphatic heterocycles. The van der Waals surface area contributed by atoms with Gasteiger partial charge in [0.15, 0.2) is 5.96 Å². The van der Waals surface area contributed by atoms with Crippen molar-refractivity contribution in [2.75, 3.05) is 45.9 Å². The first-order valence-corrected chi connectivity index (χ1v) is 7.60. The van der Waals surface area contributed by atoms with E-state index in [-0.39, 0.29) is 0 Å². The first-order chi connectivity index (χ1) is 10.4. The fourth-order valence-electron chi connectivity index (χ4n) is 2.16. The fraction of sp³-hybridized carbons (Fsp3) is 0.714. The summed E-state index contributed by atoms with van der Waals surface area (Å²) in [6.07, 6.45) is 2.65. The molecule has 1 aromatic heterocycles. The van der Waals surface area contributed by atoms with Crippen LogP contribution in [0.1, 0.15) is 19.0 Å². The number of hydrogen-bond donors (Lipinski definition) is 2. The summed E-state index contributed by atoms with van der Waals surface area (Å²) in [5, 5.41) is 10.4. The second kappa shape index (κ2) is 9.36. The molecule has 7 heteroatoms. The molecule has 0 spiro atoms. The Morgan fingerprint density at radius 1 is 1.38 bits per heavy atom. The zero-order chi connectivity index (χ0) is 14.8. The Bertz CT molecular complexity index is 402. The summed E-state index contributed by atoms with van der Waals surface area (Å²) < 4.78 is 10.1. The molecule has 118 valence electrons. The molecule has 1 saturated heterocycles. The van der Waals surface area contributed by atoms with Crippen molar-refractivity contribution in [3.8, 4) is 0 Å². The molecule has 0 bridgehead atoms. The molecule has 0 radical (unpaired) electrons. The van der Waals surface area contributed by atoms with Crippen molar-refractivity contribution < 1.29 is 9.26 Å². The van der Waals surface area contributed by atoms with Crippen molar-refractivity contribution in [1.82, 2.24) is 20.7 Å². The average Bonchev–Trinajstić information content (AvgIpc) is 3.03. The number of morpholine rings is 1. The summed E-state index contributed by atoms with van der Waals surface area (Å²) in [5.74, 6) is 0.822. The molecule has 0 atom stereocenters. The van der Waals surface area contributed by atoms with E-state index >= 15 is 0 Å². The molecule has 7 nitrogen and oxygen atoms in total. The van der Waals surface area contributed by atoms with Gasteiger partial charge in [0.2, 0.25) is 0 Å². The summed E-state index contributed by atoms with van der Waals surface area (Å²) >= 11 is 0. The Morgan fingerprint density at radius 3 is 2.95 bits per heavy atom. The molecule has 0 aromatic carbocycles. The van der Waals surface area contributed by atoms with Gasteiger partial charge in [0.05, 0.1) is 19.8 Å². The molecule has 0 unspecified atom stereocenters. The van der Waals surface area contributed by atoms with E-state index in [2.05, 4.69) is 32.6 Å². The Balaban J connectivity index is 1.65. The molecule has 1 aliphatic rings. The summed E-state index contributed by atoms with van der Waals surface area (Å²) in [4.78, 5) is 6.91. The third-order valence-corrected chi connectivity index (χ3v) is 3.28. The molecule has 0 saturated carbocycles. The van der Waals surface area contributed by atoms with Crippen molar-refractivity contribution in [3.05, 3.63) is 18.0 Å². The predicted octanol–water partition coefficient (Wildman–Crippen LogP) is 0.452. The molecule has 21 heavy (non-hydrogen) atoms. The molecular weight excluding hydrogens is 270 g/mol. The molecule has 2 rings (SSSR count). The number of rotatable bonds is 7. The van der Waals surface area contributed by atoms with Gasteiger partial charge in [-0.05, 0) is 19.9 Å². The quantitative estimate of drug-likeness (QED) is 0.432. The van der Waals surface area contributed by atoms with Crippen LogP contribution in [-0.4, -0.2) is 62.0 Å². The average molecular weight is 295 g/mol. The van der Waals surface area contributed by atoms with E-state index < -0.39 is 0 Å². The van der Waals surface area contributed by atoms with E-state index in [1.54, 1.807) is 6.26 Å². The van der Waals surface area contributed by atoms with Crippen LogP contribution in [0.15, 0.2) is 21.8 Å². The van der Waals surface area contributed by atoms with E-state index in [0.717, 1.165) is 64.0 Å². The third kappa shape index (κ3) is 6.14. The molecule has 0 aliphatic carbocycles. The van der Waals surface area contributed by atoms with Gasteiger partial charge in [0.25, 0.3) is 0 Å². The first-order valence-electron chi connectivity index (χ1n) is 7.60. The van der Waals surface area contributed by atoms with Gasteiger partial charge in [0.1, 0.15) is 12.0 Å². The van der Waals surface area contributed by atoms with Crippen LogP contribution in [-0.2, 0) is 11.3 Å². The highest BCUT2D eigenvalue weighted by Gasteiger charge is 2.09. The lowest BCUT2D eigenvalue weighted by Gasteiger charge is -2.26. The van der Waals surface area contributed by atoms with Gasteiger partial charge in [-0.25, -0.2) is 4.99 Å². The Labute approximate surface area is 125 Å². The van der Waals surface area contributed by atoms with Crippen molar-refractivity contribution in [3.63, 3.8) is 0 Å². The van der Waals surface area contributed by atoms with E-state index in [1.807, 2.05) is 6.07 Å². The topological polar surface area (TPSA) is 74.9 Å². The highest BCUT2D eigenvalue weighted by molar-refractivity contribution is 5.79. The van der Waals surface area contributed by atoms with E-state index in [0.29, 0.717) is 6.54 Å². The molecular formula is C14H25N5O2. The highest BCUT2D eigenvalue weighted by atomic mass is 16.5. The van der Waals surface area contributed by atoms with Gasteiger partial charge in [-0.3, -0.25) is 4.90 Å². The summed E-state index contributed by atoms with van der Waals surface area (Å²) in [5.41, 5.74) is 0.834. The maximum atomic E-state index is 5.34. The molecule has 2 N–H and O–H groups in total. The van der Waals surface area contributed by atoms with E-state index in [9.17, 15) is 0 Å². The highest BCUT2D eigenvalue weighted by Crippen LogP contribution is 1.98. The largest absolute Gasteiger partial charge is 0.379 e. The van der Waals surface area contributed by atoms with Gasteiger partial charge in [-0.1, -0.05) is 5.16 Å². The van der Waals surface area contributed by atoms with Crippen LogP contribution >= 0.6 is 0 Å². The maximum Gasteiger partial charge on any atom is 0.191 e. The Hall–Kier alpha value is -1.60. The lowest BCUT2D eigenvalue weighted by Crippen LogP contribution is -2.40. The van der Waals surface area contributed by atoms with Crippen LogP contribution in [0.25, 0.3) is 0 Å². The van der Waals surface area contributed by atoms with Gasteiger partial charge < -0.3 is 19.9 Å². The van der Waals surface area contributed by atoms with Crippen LogP contribution in [0.5, 0.6) is 0 Å². The van der Waals surface area contributed by atoms with Gasteiger partial charge >= 0.3 is 0 Å². The molecule has 1 fully saturated rings. The number of hydrogen-bond acceptors (Lipinski definition) is 5. The lowest BCUT2D eigenvalue weighted by molar-refractivity contribution is 0.0376. The van der Waals surface area contributed by atoms with Crippen molar-refractivity contribution in [2.24, 2.45) is 4.99 Å². The zero-order valence-electron chi connectivity index (χ0n) is 12.7. The summed E-state index contributed by atoms with van der Waals surface area (Å²) in [6, 6.07) is 1.82. The van der Waals surface area contributed by atoms with Gasteiger partial charge in [-0.2, -0.15) is 0 Å². The van der Waals surface area contributed by atoms with Crippen LogP contribution in [0.4, 0.5) is 0 Å². The minimum Gasteiger partial charge on any atom is -0.379 e. The minimum absolute atomic E-state index is 0.523. The van der Waals surface area contributed by atoms with Crippen LogP contribution in [0, 0.1) is 0 Å². The Morgan fingerprint density at radius 2 is 2.24 bits per heavy atom. The second-order valence-corrected chi connectivity index (χ2v) is 4.92. The van der Waals surface area contributed by atoms with Crippen molar-refractivity contribution in [1.29, 1.82) is 0 Å².